The molecule has 5 heteroatoms. The fourth-order valence-electron chi connectivity index (χ4n) is 2.69. The van der Waals surface area contributed by atoms with Crippen molar-refractivity contribution >= 4 is 21.9 Å². The Morgan fingerprint density at radius 1 is 1.29 bits per heavy atom. The number of fused-ring (bicyclic) bond motifs is 1. The van der Waals surface area contributed by atoms with Gasteiger partial charge in [-0.15, -0.1) is 0 Å². The van der Waals surface area contributed by atoms with Crippen LogP contribution in [0.3, 0.4) is 0 Å². The van der Waals surface area contributed by atoms with Gasteiger partial charge < -0.3 is 5.11 Å². The predicted octanol–water partition coefficient (Wildman–Crippen LogP) is 2.86. The topological polar surface area (TPSA) is 53.4 Å². The molecule has 1 aliphatic heterocycles. The van der Waals surface area contributed by atoms with Gasteiger partial charge >= 0.3 is 5.97 Å². The number of carboxylic acids is 1. The number of carboxylic acid groups (broad SMARTS) is 1. The average Bonchev–Trinajstić information content (AvgIpc) is 2.48. The van der Waals surface area contributed by atoms with Crippen molar-refractivity contribution in [1.29, 1.82) is 0 Å². The molecule has 0 spiro atoms. The lowest BCUT2D eigenvalue weighted by atomic mass is 9.94. The second-order valence-electron chi connectivity index (χ2n) is 5.20. The minimum atomic E-state index is -0.776. The second kappa shape index (κ2) is 5.95. The van der Waals surface area contributed by atoms with Gasteiger partial charge in [0.1, 0.15) is 6.04 Å². The Morgan fingerprint density at radius 3 is 2.71 bits per heavy atom. The minimum absolute atomic E-state index is 0.495. The number of hydrogen-bond donors (Lipinski definition) is 1. The quantitative estimate of drug-likeness (QED) is 0.928. The molecule has 2 aromatic rings. The van der Waals surface area contributed by atoms with Crippen molar-refractivity contribution in [3.63, 3.8) is 0 Å². The molecule has 108 valence electrons. The van der Waals surface area contributed by atoms with Crippen molar-refractivity contribution in [1.82, 2.24) is 9.88 Å². The molecular formula is C16H15BrN2O2. The van der Waals surface area contributed by atoms with Gasteiger partial charge in [0.15, 0.2) is 0 Å². The largest absolute Gasteiger partial charge is 0.480 e. The number of nitrogens with zero attached hydrogens (tertiary/aromatic N) is 2. The van der Waals surface area contributed by atoms with Crippen molar-refractivity contribution in [2.45, 2.75) is 25.6 Å². The number of pyridine rings is 1. The number of rotatable bonds is 3. The van der Waals surface area contributed by atoms with Gasteiger partial charge in [-0.2, -0.15) is 0 Å². The summed E-state index contributed by atoms with van der Waals surface area (Å²) in [6, 6.07) is 11.4. The standard InChI is InChI=1S/C16H15BrN2O2/c17-13-5-6-14(18-8-13)10-19-9-12-4-2-1-3-11(12)7-15(19)16(20)21/h1-6,8,15H,7,9-10H2,(H,20,21)/t15-/m0/s1. The van der Waals surface area contributed by atoms with E-state index in [0.717, 1.165) is 15.7 Å². The third-order valence-corrected chi connectivity index (χ3v) is 4.25. The van der Waals surface area contributed by atoms with Crippen molar-refractivity contribution in [3.8, 4) is 0 Å². The zero-order valence-corrected chi connectivity index (χ0v) is 13.0. The Morgan fingerprint density at radius 2 is 2.05 bits per heavy atom. The molecule has 1 aromatic carbocycles. The van der Waals surface area contributed by atoms with Crippen LogP contribution in [0.5, 0.6) is 0 Å². The summed E-state index contributed by atoms with van der Waals surface area (Å²) in [6.07, 6.45) is 2.28. The van der Waals surface area contributed by atoms with E-state index < -0.39 is 12.0 Å². The van der Waals surface area contributed by atoms with Gasteiger partial charge in [0.05, 0.1) is 5.69 Å². The highest BCUT2D eigenvalue weighted by Gasteiger charge is 2.31. The first-order valence-corrected chi connectivity index (χ1v) is 7.57. The minimum Gasteiger partial charge on any atom is -0.480 e. The van der Waals surface area contributed by atoms with E-state index in [0.29, 0.717) is 19.5 Å². The van der Waals surface area contributed by atoms with Crippen molar-refractivity contribution in [2.75, 3.05) is 0 Å². The van der Waals surface area contributed by atoms with Crippen LogP contribution in [0.1, 0.15) is 16.8 Å². The Kier molecular flexibility index (Phi) is 4.03. The molecule has 0 unspecified atom stereocenters. The maximum Gasteiger partial charge on any atom is 0.321 e. The summed E-state index contributed by atoms with van der Waals surface area (Å²) in [5.41, 5.74) is 3.21. The number of halogens is 1. The van der Waals surface area contributed by atoms with Gasteiger partial charge in [-0.05, 0) is 45.6 Å². The third kappa shape index (κ3) is 3.14. The van der Waals surface area contributed by atoms with E-state index in [1.165, 1.54) is 5.56 Å². The van der Waals surface area contributed by atoms with E-state index in [9.17, 15) is 9.90 Å². The molecule has 2 heterocycles. The van der Waals surface area contributed by atoms with Crippen LogP contribution in [-0.2, 0) is 24.3 Å². The zero-order valence-electron chi connectivity index (χ0n) is 11.4. The first kappa shape index (κ1) is 14.2. The van der Waals surface area contributed by atoms with E-state index in [1.54, 1.807) is 6.20 Å². The molecule has 0 saturated heterocycles. The Balaban J connectivity index is 1.85. The summed E-state index contributed by atoms with van der Waals surface area (Å²) in [6.45, 7) is 1.18. The van der Waals surface area contributed by atoms with Crippen molar-refractivity contribution in [2.24, 2.45) is 0 Å². The first-order chi connectivity index (χ1) is 10.1. The summed E-state index contributed by atoms with van der Waals surface area (Å²) in [7, 11) is 0. The van der Waals surface area contributed by atoms with Gasteiger partial charge in [-0.25, -0.2) is 0 Å². The van der Waals surface area contributed by atoms with E-state index in [2.05, 4.69) is 27.0 Å². The molecule has 0 aliphatic carbocycles. The van der Waals surface area contributed by atoms with Crippen molar-refractivity contribution < 1.29 is 9.90 Å². The van der Waals surface area contributed by atoms with E-state index in [-0.39, 0.29) is 0 Å². The summed E-state index contributed by atoms with van der Waals surface area (Å²) < 4.78 is 0.921. The van der Waals surface area contributed by atoms with Gasteiger partial charge in [0.25, 0.3) is 0 Å². The van der Waals surface area contributed by atoms with Crippen LogP contribution in [0.4, 0.5) is 0 Å². The maximum atomic E-state index is 11.5. The van der Waals surface area contributed by atoms with Gasteiger partial charge in [0, 0.05) is 23.8 Å². The summed E-state index contributed by atoms with van der Waals surface area (Å²) >= 11 is 3.36. The van der Waals surface area contributed by atoms with E-state index in [1.807, 2.05) is 35.2 Å². The van der Waals surface area contributed by atoms with Crippen LogP contribution >= 0.6 is 15.9 Å². The molecule has 0 amide bonds. The van der Waals surface area contributed by atoms with Crippen LogP contribution in [0.15, 0.2) is 47.1 Å². The summed E-state index contributed by atoms with van der Waals surface area (Å²) in [4.78, 5) is 17.9. The predicted molar refractivity (Wildman–Crippen MR) is 82.8 cm³/mol. The van der Waals surface area contributed by atoms with Crippen LogP contribution in [0, 0.1) is 0 Å². The molecule has 0 bridgehead atoms. The summed E-state index contributed by atoms with van der Waals surface area (Å²) in [5, 5.41) is 9.49. The smallest absolute Gasteiger partial charge is 0.321 e. The SMILES string of the molecule is O=C(O)[C@@H]1Cc2ccccc2CN1Cc1ccc(Br)cn1. The van der Waals surface area contributed by atoms with Crippen LogP contribution < -0.4 is 0 Å². The number of aromatic nitrogens is 1. The molecule has 1 aliphatic rings. The lowest BCUT2D eigenvalue weighted by Crippen LogP contribution is -2.45. The first-order valence-electron chi connectivity index (χ1n) is 6.77. The fraction of sp³-hybridized carbons (Fsp3) is 0.250. The van der Waals surface area contributed by atoms with E-state index in [4.69, 9.17) is 0 Å². The average molecular weight is 347 g/mol. The Hall–Kier alpha value is -1.72. The lowest BCUT2D eigenvalue weighted by Gasteiger charge is -2.34. The fourth-order valence-corrected chi connectivity index (χ4v) is 2.93. The van der Waals surface area contributed by atoms with Gasteiger partial charge in [-0.3, -0.25) is 14.7 Å². The van der Waals surface area contributed by atoms with Crippen LogP contribution in [-0.4, -0.2) is 27.0 Å². The van der Waals surface area contributed by atoms with Gasteiger partial charge in [0.2, 0.25) is 0 Å². The normalized spacial score (nSPS) is 18.2. The monoisotopic (exact) mass is 346 g/mol. The third-order valence-electron chi connectivity index (χ3n) is 3.78. The molecule has 1 atom stereocenters. The Bertz CT molecular complexity index is 658. The molecule has 0 fully saturated rings. The number of carbonyl (C=O) groups is 1. The highest BCUT2D eigenvalue weighted by molar-refractivity contribution is 9.10. The van der Waals surface area contributed by atoms with E-state index >= 15 is 0 Å². The second-order valence-corrected chi connectivity index (χ2v) is 6.12. The molecule has 0 saturated carbocycles. The Labute approximate surface area is 131 Å². The molecule has 21 heavy (non-hydrogen) atoms. The van der Waals surface area contributed by atoms with Crippen molar-refractivity contribution in [3.05, 3.63) is 63.9 Å². The molecule has 1 N–H and O–H groups in total. The molecule has 4 nitrogen and oxygen atoms in total. The van der Waals surface area contributed by atoms with Crippen LogP contribution in [0.2, 0.25) is 0 Å². The maximum absolute atomic E-state index is 11.5. The van der Waals surface area contributed by atoms with Gasteiger partial charge in [-0.1, -0.05) is 24.3 Å². The summed E-state index contributed by atoms with van der Waals surface area (Å²) in [5.74, 6) is -0.776. The lowest BCUT2D eigenvalue weighted by molar-refractivity contribution is -0.144. The van der Waals surface area contributed by atoms with Crippen LogP contribution in [0.25, 0.3) is 0 Å². The molecule has 0 radical (unpaired) electrons. The molecule has 1 aromatic heterocycles. The highest BCUT2D eigenvalue weighted by atomic mass is 79.9. The number of aliphatic carboxylic acids is 1. The molecular weight excluding hydrogens is 332 g/mol. The highest BCUT2D eigenvalue weighted by Crippen LogP contribution is 2.25. The zero-order chi connectivity index (χ0) is 14.8. The number of benzene rings is 1. The molecule has 3 rings (SSSR count). The number of hydrogen-bond acceptors (Lipinski definition) is 3.